The highest BCUT2D eigenvalue weighted by molar-refractivity contribution is 7.80. The minimum absolute atomic E-state index is 0.0319. The molecule has 5 saturated carbocycles. The van der Waals surface area contributed by atoms with Crippen molar-refractivity contribution in [2.24, 2.45) is 34.1 Å². The maximum absolute atomic E-state index is 13.0. The van der Waals surface area contributed by atoms with Gasteiger partial charge < -0.3 is 0 Å². The molecule has 0 aliphatic heterocycles. The number of hydrogen-bond donors (Lipinski definition) is 0. The van der Waals surface area contributed by atoms with E-state index < -0.39 is 6.43 Å². The Balaban J connectivity index is 1.42. The predicted molar refractivity (Wildman–Crippen MR) is 122 cm³/mol. The van der Waals surface area contributed by atoms with Gasteiger partial charge in [-0.3, -0.25) is 4.99 Å². The highest BCUT2D eigenvalue weighted by Crippen LogP contribution is 2.73. The van der Waals surface area contributed by atoms with Crippen molar-refractivity contribution in [3.05, 3.63) is 35.9 Å². The number of hydrogen-bond acceptors (Lipinski definition) is 1. The third kappa shape index (κ3) is 3.47. The minimum atomic E-state index is -2.20. The number of thiocarbonyl (C=S) groups is 1. The first-order chi connectivity index (χ1) is 14.5. The van der Waals surface area contributed by atoms with E-state index in [9.17, 15) is 8.78 Å². The molecule has 5 unspecified atom stereocenters. The molecule has 5 fully saturated rings. The molecule has 0 radical (unpaired) electrons. The van der Waals surface area contributed by atoms with Crippen molar-refractivity contribution in [1.82, 2.24) is 0 Å². The van der Waals surface area contributed by atoms with Crippen molar-refractivity contribution in [3.8, 4) is 0 Å². The summed E-state index contributed by atoms with van der Waals surface area (Å²) in [5, 5.41) is 0. The Bertz CT molecular complexity index is 803. The molecule has 0 saturated heterocycles. The van der Waals surface area contributed by atoms with E-state index in [4.69, 9.17) is 17.2 Å². The van der Waals surface area contributed by atoms with E-state index in [0.29, 0.717) is 30.1 Å². The average Bonchev–Trinajstić information content (AvgIpc) is 3.14. The Morgan fingerprint density at radius 1 is 1.10 bits per heavy atom. The number of aliphatic imine (C=N–C) groups is 1. The van der Waals surface area contributed by atoms with Gasteiger partial charge in [-0.05, 0) is 79.6 Å². The van der Waals surface area contributed by atoms with Gasteiger partial charge in [-0.15, -0.1) is 0 Å². The van der Waals surface area contributed by atoms with Gasteiger partial charge in [-0.25, -0.2) is 8.78 Å². The van der Waals surface area contributed by atoms with E-state index in [2.05, 4.69) is 36.5 Å². The largest absolute Gasteiger partial charge is 0.253 e. The molecule has 0 spiro atoms. The average molecular weight is 430 g/mol. The zero-order valence-corrected chi connectivity index (χ0v) is 18.6. The summed E-state index contributed by atoms with van der Waals surface area (Å²) in [6.07, 6.45) is 11.4. The molecule has 4 heteroatoms. The van der Waals surface area contributed by atoms with Crippen molar-refractivity contribution < 1.29 is 8.78 Å². The third-order valence-corrected chi connectivity index (χ3v) is 9.47. The van der Waals surface area contributed by atoms with E-state index >= 15 is 0 Å². The summed E-state index contributed by atoms with van der Waals surface area (Å²) >= 11 is 6.03. The van der Waals surface area contributed by atoms with Crippen LogP contribution in [0.4, 0.5) is 8.78 Å². The molecule has 0 aromatic heterocycles. The summed E-state index contributed by atoms with van der Waals surface area (Å²) in [5.74, 6) is 1.90. The summed E-state index contributed by atoms with van der Waals surface area (Å²) in [4.78, 5) is 5.82. The lowest BCUT2D eigenvalue weighted by atomic mass is 9.61. The van der Waals surface area contributed by atoms with Crippen LogP contribution in [0, 0.1) is 29.1 Å². The van der Waals surface area contributed by atoms with E-state index in [1.807, 2.05) is 0 Å². The normalized spacial score (nSPS) is 38.2. The van der Waals surface area contributed by atoms with Crippen LogP contribution >= 0.6 is 12.2 Å². The Hall–Kier alpha value is -1.16. The first-order valence-electron chi connectivity index (χ1n) is 11.9. The molecule has 1 nitrogen and oxygen atoms in total. The Labute approximate surface area is 184 Å². The first kappa shape index (κ1) is 20.7. The van der Waals surface area contributed by atoms with Gasteiger partial charge >= 0.3 is 0 Å². The highest BCUT2D eigenvalue weighted by Gasteiger charge is 2.69. The van der Waals surface area contributed by atoms with E-state index in [-0.39, 0.29) is 17.3 Å². The van der Waals surface area contributed by atoms with E-state index in [0.717, 1.165) is 30.7 Å². The van der Waals surface area contributed by atoms with Gasteiger partial charge in [0.25, 0.3) is 0 Å². The molecule has 1 aromatic carbocycles. The fourth-order valence-electron chi connectivity index (χ4n) is 7.83. The van der Waals surface area contributed by atoms with Crippen LogP contribution in [-0.2, 0) is 5.41 Å². The van der Waals surface area contributed by atoms with Gasteiger partial charge in [0.2, 0.25) is 6.43 Å². The maximum atomic E-state index is 13.0. The first-order valence-corrected chi connectivity index (χ1v) is 12.4. The fourth-order valence-corrected chi connectivity index (χ4v) is 8.20. The van der Waals surface area contributed by atoms with Crippen LogP contribution in [0.25, 0.3) is 0 Å². The third-order valence-electron chi connectivity index (χ3n) is 8.96. The maximum Gasteiger partial charge on any atom is 0.238 e. The lowest BCUT2D eigenvalue weighted by Crippen LogP contribution is -2.37. The standard InChI is InChI=1S/C26H33F2NS/c27-23(28)12-11-21-19-13-25(20-9-5-2-6-10-20)15-22(21)26(14-19,17-25)24(30)29-16-18-7-3-1-4-8-18/h2,5-6,9-10,16,18-19,21-23H,1,3-4,7-8,11-15,17H2. The van der Waals surface area contributed by atoms with Crippen LogP contribution in [0.1, 0.15) is 76.2 Å². The summed E-state index contributed by atoms with van der Waals surface area (Å²) in [7, 11) is 0. The molecule has 0 heterocycles. The molecule has 162 valence electrons. The minimum Gasteiger partial charge on any atom is -0.253 e. The Kier molecular flexibility index (Phi) is 5.58. The molecular formula is C26H33F2NS. The smallest absolute Gasteiger partial charge is 0.238 e. The highest BCUT2D eigenvalue weighted by atomic mass is 32.1. The van der Waals surface area contributed by atoms with Crippen LogP contribution < -0.4 is 0 Å². The molecule has 5 aliphatic carbocycles. The topological polar surface area (TPSA) is 12.4 Å². The monoisotopic (exact) mass is 429 g/mol. The molecule has 5 aliphatic rings. The summed E-state index contributed by atoms with van der Waals surface area (Å²) in [6, 6.07) is 10.9. The van der Waals surface area contributed by atoms with Crippen molar-refractivity contribution >= 4 is 23.4 Å². The van der Waals surface area contributed by atoms with Gasteiger partial charge in [0.05, 0.1) is 0 Å². The Morgan fingerprint density at radius 2 is 1.87 bits per heavy atom. The molecule has 5 atom stereocenters. The number of alkyl halides is 2. The second-order valence-electron chi connectivity index (χ2n) is 10.6. The SMILES string of the molecule is FC(F)CCC1C2CC3(c4ccccc4)CC1C(C(=S)N=CC1CCCCC1)(C2)C3. The second kappa shape index (κ2) is 8.07. The number of benzene rings is 1. The van der Waals surface area contributed by atoms with Crippen LogP contribution in [-0.4, -0.2) is 17.6 Å². The zero-order chi connectivity index (χ0) is 20.8. The van der Waals surface area contributed by atoms with Crippen molar-refractivity contribution in [2.45, 2.75) is 82.5 Å². The van der Waals surface area contributed by atoms with Crippen molar-refractivity contribution in [2.75, 3.05) is 0 Å². The number of halogens is 2. The molecule has 30 heavy (non-hydrogen) atoms. The quantitative estimate of drug-likeness (QED) is 0.339. The zero-order valence-electron chi connectivity index (χ0n) is 17.7. The van der Waals surface area contributed by atoms with E-state index in [1.165, 1.54) is 37.7 Å². The second-order valence-corrected chi connectivity index (χ2v) is 11.0. The van der Waals surface area contributed by atoms with Gasteiger partial charge in [0.1, 0.15) is 4.99 Å². The van der Waals surface area contributed by atoms with Gasteiger partial charge in [0.15, 0.2) is 0 Å². The molecule has 0 amide bonds. The molecular weight excluding hydrogens is 396 g/mol. The van der Waals surface area contributed by atoms with Crippen molar-refractivity contribution in [1.29, 1.82) is 0 Å². The number of rotatable bonds is 6. The summed E-state index contributed by atoms with van der Waals surface area (Å²) in [6.45, 7) is 0. The van der Waals surface area contributed by atoms with Crippen LogP contribution in [0.5, 0.6) is 0 Å². The molecule has 1 aromatic rings. The van der Waals surface area contributed by atoms with Crippen LogP contribution in [0.15, 0.2) is 35.3 Å². The summed E-state index contributed by atoms with van der Waals surface area (Å²) < 4.78 is 26.1. The Morgan fingerprint density at radius 3 is 2.60 bits per heavy atom. The summed E-state index contributed by atoms with van der Waals surface area (Å²) in [5.41, 5.74) is 1.54. The lowest BCUT2D eigenvalue weighted by Gasteiger charge is -2.43. The van der Waals surface area contributed by atoms with Gasteiger partial charge in [-0.2, -0.15) is 0 Å². The van der Waals surface area contributed by atoms with Gasteiger partial charge in [-0.1, -0.05) is 61.8 Å². The number of nitrogens with zero attached hydrogens (tertiary/aromatic N) is 1. The molecule has 0 N–H and O–H groups in total. The van der Waals surface area contributed by atoms with Gasteiger partial charge in [0, 0.05) is 18.1 Å². The molecule has 4 bridgehead atoms. The van der Waals surface area contributed by atoms with Crippen LogP contribution in [0.2, 0.25) is 0 Å². The van der Waals surface area contributed by atoms with E-state index in [1.54, 1.807) is 0 Å². The van der Waals surface area contributed by atoms with Crippen molar-refractivity contribution in [3.63, 3.8) is 0 Å². The van der Waals surface area contributed by atoms with Crippen LogP contribution in [0.3, 0.4) is 0 Å². The fraction of sp³-hybridized carbons (Fsp3) is 0.692. The lowest BCUT2D eigenvalue weighted by molar-refractivity contribution is 0.0995. The molecule has 6 rings (SSSR count). The predicted octanol–water partition coefficient (Wildman–Crippen LogP) is 7.38.